The maximum atomic E-state index is 3.85. The van der Waals surface area contributed by atoms with Crippen LogP contribution in [0.3, 0.4) is 0 Å². The third kappa shape index (κ3) is 1.46. The Bertz CT molecular complexity index is 244. The minimum absolute atomic E-state index is 0.564. The highest BCUT2D eigenvalue weighted by Gasteiger charge is 2.56. The first-order valence-corrected chi connectivity index (χ1v) is 6.94. The molecule has 1 heteroatoms. The molecule has 0 aromatic rings. The molecule has 0 aromatic heterocycles. The lowest BCUT2D eigenvalue weighted by atomic mass is 9.46. The maximum Gasteiger partial charge on any atom is 0.0192 e. The molecular weight excluding hydrogens is 182 g/mol. The van der Waals surface area contributed by atoms with Crippen molar-refractivity contribution in [1.82, 2.24) is 5.32 Å². The SMILES string of the molecule is CCNC12CC3CC(CC(CC)(C3)C1)C2. The molecule has 0 spiro atoms. The molecule has 0 saturated heterocycles. The summed E-state index contributed by atoms with van der Waals surface area (Å²) in [6, 6.07) is 0. The fourth-order valence-electron chi connectivity index (χ4n) is 5.45. The summed E-state index contributed by atoms with van der Waals surface area (Å²) in [5, 5.41) is 3.85. The van der Waals surface area contributed by atoms with Gasteiger partial charge in [0.25, 0.3) is 0 Å². The summed E-state index contributed by atoms with van der Waals surface area (Å²) >= 11 is 0. The van der Waals surface area contributed by atoms with E-state index in [2.05, 4.69) is 19.2 Å². The lowest BCUT2D eigenvalue weighted by Gasteiger charge is -2.62. The van der Waals surface area contributed by atoms with Gasteiger partial charge in [0.1, 0.15) is 0 Å². The van der Waals surface area contributed by atoms with Gasteiger partial charge in [-0.05, 0) is 62.3 Å². The molecule has 4 bridgehead atoms. The largest absolute Gasteiger partial charge is 0.311 e. The Kier molecular flexibility index (Phi) is 2.18. The van der Waals surface area contributed by atoms with Crippen LogP contribution in [0.2, 0.25) is 0 Å². The fraction of sp³-hybridized carbons (Fsp3) is 1.00. The van der Waals surface area contributed by atoms with Gasteiger partial charge in [0.15, 0.2) is 0 Å². The smallest absolute Gasteiger partial charge is 0.0192 e. The highest BCUT2D eigenvalue weighted by atomic mass is 15.0. The van der Waals surface area contributed by atoms with Crippen molar-refractivity contribution in [2.75, 3.05) is 6.54 Å². The zero-order valence-corrected chi connectivity index (χ0v) is 10.3. The van der Waals surface area contributed by atoms with E-state index in [0.717, 1.165) is 17.3 Å². The van der Waals surface area contributed by atoms with Gasteiger partial charge in [-0.3, -0.25) is 0 Å². The number of rotatable bonds is 3. The van der Waals surface area contributed by atoms with Gasteiger partial charge in [-0.1, -0.05) is 20.3 Å². The van der Waals surface area contributed by atoms with Crippen LogP contribution in [0, 0.1) is 17.3 Å². The van der Waals surface area contributed by atoms with Crippen LogP contribution >= 0.6 is 0 Å². The van der Waals surface area contributed by atoms with E-state index in [9.17, 15) is 0 Å². The molecule has 0 amide bonds. The van der Waals surface area contributed by atoms with Crippen molar-refractivity contribution >= 4 is 0 Å². The van der Waals surface area contributed by atoms with Crippen molar-refractivity contribution in [3.63, 3.8) is 0 Å². The highest BCUT2D eigenvalue weighted by molar-refractivity contribution is 5.11. The van der Waals surface area contributed by atoms with Gasteiger partial charge in [-0.25, -0.2) is 0 Å². The van der Waals surface area contributed by atoms with Crippen molar-refractivity contribution in [2.45, 2.75) is 64.3 Å². The predicted octanol–water partition coefficient (Wildman–Crippen LogP) is 3.34. The molecule has 4 fully saturated rings. The topological polar surface area (TPSA) is 12.0 Å². The molecular formula is C14H25N. The van der Waals surface area contributed by atoms with Crippen LogP contribution in [-0.2, 0) is 0 Å². The standard InChI is InChI=1S/C14H25N/c1-3-13-6-11-5-12(7-13)9-14(8-11,10-13)15-4-2/h11-12,15H,3-10H2,1-2H3. The molecule has 0 heterocycles. The Hall–Kier alpha value is -0.0400. The van der Waals surface area contributed by atoms with E-state index in [1.54, 1.807) is 19.3 Å². The molecule has 4 aliphatic rings. The Labute approximate surface area is 94.0 Å². The van der Waals surface area contributed by atoms with E-state index in [0.29, 0.717) is 5.54 Å². The Morgan fingerprint density at radius 1 is 1.07 bits per heavy atom. The van der Waals surface area contributed by atoms with Gasteiger partial charge in [0.05, 0.1) is 0 Å². The summed E-state index contributed by atoms with van der Waals surface area (Å²) in [4.78, 5) is 0. The van der Waals surface area contributed by atoms with Crippen LogP contribution in [-0.4, -0.2) is 12.1 Å². The van der Waals surface area contributed by atoms with Crippen molar-refractivity contribution in [2.24, 2.45) is 17.3 Å². The summed E-state index contributed by atoms with van der Waals surface area (Å²) in [7, 11) is 0. The Morgan fingerprint density at radius 2 is 1.73 bits per heavy atom. The van der Waals surface area contributed by atoms with Crippen molar-refractivity contribution in [1.29, 1.82) is 0 Å². The zero-order valence-electron chi connectivity index (χ0n) is 10.3. The first kappa shape index (κ1) is 10.1. The normalized spacial score (nSPS) is 52.4. The quantitative estimate of drug-likeness (QED) is 0.748. The molecule has 2 unspecified atom stereocenters. The minimum Gasteiger partial charge on any atom is -0.311 e. The van der Waals surface area contributed by atoms with E-state index < -0.39 is 0 Å². The average molecular weight is 207 g/mol. The Morgan fingerprint density at radius 3 is 2.27 bits per heavy atom. The first-order chi connectivity index (χ1) is 7.19. The van der Waals surface area contributed by atoms with Crippen LogP contribution in [0.1, 0.15) is 58.8 Å². The van der Waals surface area contributed by atoms with Crippen molar-refractivity contribution < 1.29 is 0 Å². The van der Waals surface area contributed by atoms with Gasteiger partial charge in [0, 0.05) is 5.54 Å². The fourth-order valence-corrected chi connectivity index (χ4v) is 5.45. The average Bonchev–Trinajstić information content (AvgIpc) is 2.15. The second-order valence-electron chi connectivity index (χ2n) is 6.63. The predicted molar refractivity (Wildman–Crippen MR) is 63.8 cm³/mol. The molecule has 2 atom stereocenters. The van der Waals surface area contributed by atoms with Gasteiger partial charge >= 0.3 is 0 Å². The van der Waals surface area contributed by atoms with Crippen LogP contribution in [0.25, 0.3) is 0 Å². The summed E-state index contributed by atoms with van der Waals surface area (Å²) in [5.74, 6) is 2.12. The van der Waals surface area contributed by atoms with E-state index >= 15 is 0 Å². The van der Waals surface area contributed by atoms with Crippen LogP contribution in [0.4, 0.5) is 0 Å². The highest BCUT2D eigenvalue weighted by Crippen LogP contribution is 2.62. The van der Waals surface area contributed by atoms with Crippen molar-refractivity contribution in [3.05, 3.63) is 0 Å². The molecule has 4 aliphatic carbocycles. The molecule has 0 aromatic carbocycles. The van der Waals surface area contributed by atoms with Crippen LogP contribution < -0.4 is 5.32 Å². The molecule has 15 heavy (non-hydrogen) atoms. The number of hydrogen-bond acceptors (Lipinski definition) is 1. The summed E-state index contributed by atoms with van der Waals surface area (Å²) in [6.45, 7) is 5.86. The third-order valence-electron chi connectivity index (χ3n) is 5.48. The molecule has 4 saturated carbocycles. The second-order valence-corrected chi connectivity index (χ2v) is 6.63. The van der Waals surface area contributed by atoms with Crippen molar-refractivity contribution in [3.8, 4) is 0 Å². The first-order valence-electron chi connectivity index (χ1n) is 6.94. The van der Waals surface area contributed by atoms with E-state index in [-0.39, 0.29) is 0 Å². The minimum atomic E-state index is 0.564. The van der Waals surface area contributed by atoms with E-state index in [1.165, 1.54) is 32.2 Å². The van der Waals surface area contributed by atoms with Gasteiger partial charge < -0.3 is 5.32 Å². The maximum absolute atomic E-state index is 3.85. The van der Waals surface area contributed by atoms with Crippen LogP contribution in [0.15, 0.2) is 0 Å². The van der Waals surface area contributed by atoms with Gasteiger partial charge in [-0.2, -0.15) is 0 Å². The summed E-state index contributed by atoms with van der Waals surface area (Å²) in [5.41, 5.74) is 1.31. The van der Waals surface area contributed by atoms with E-state index in [1.807, 2.05) is 0 Å². The van der Waals surface area contributed by atoms with E-state index in [4.69, 9.17) is 0 Å². The van der Waals surface area contributed by atoms with Crippen LogP contribution in [0.5, 0.6) is 0 Å². The summed E-state index contributed by atoms with van der Waals surface area (Å²) < 4.78 is 0. The third-order valence-corrected chi connectivity index (χ3v) is 5.48. The summed E-state index contributed by atoms with van der Waals surface area (Å²) in [6.07, 6.45) is 10.5. The molecule has 1 N–H and O–H groups in total. The number of hydrogen-bond donors (Lipinski definition) is 1. The second kappa shape index (κ2) is 3.23. The lowest BCUT2D eigenvalue weighted by Crippen LogP contribution is -2.61. The number of nitrogens with one attached hydrogen (secondary N) is 1. The molecule has 4 rings (SSSR count). The van der Waals surface area contributed by atoms with Gasteiger partial charge in [-0.15, -0.1) is 0 Å². The van der Waals surface area contributed by atoms with Gasteiger partial charge in [0.2, 0.25) is 0 Å². The molecule has 1 nitrogen and oxygen atoms in total. The monoisotopic (exact) mass is 207 g/mol. The zero-order chi connectivity index (χ0) is 10.5. The molecule has 0 radical (unpaired) electrons. The Balaban J connectivity index is 1.88. The molecule has 86 valence electrons. The lowest BCUT2D eigenvalue weighted by molar-refractivity contribution is -0.0826. The molecule has 0 aliphatic heterocycles.